The van der Waals surface area contributed by atoms with Crippen LogP contribution < -0.4 is 0 Å². The average Bonchev–Trinajstić information content (AvgIpc) is 2.91. The van der Waals surface area contributed by atoms with Crippen LogP contribution in [0.2, 0.25) is 0 Å². The number of aromatic amines is 1. The number of aryl methyl sites for hydroxylation is 2. The lowest BCUT2D eigenvalue weighted by atomic mass is 10.2. The van der Waals surface area contributed by atoms with E-state index in [1.165, 1.54) is 5.56 Å². The fourth-order valence-corrected chi connectivity index (χ4v) is 2.67. The quantitative estimate of drug-likeness (QED) is 0.720. The zero-order chi connectivity index (χ0) is 13.6. The first kappa shape index (κ1) is 12.2. The van der Waals surface area contributed by atoms with Crippen molar-refractivity contribution in [2.45, 2.75) is 26.8 Å². The minimum Gasteiger partial charge on any atom is -0.444 e. The van der Waals surface area contributed by atoms with Gasteiger partial charge in [0.15, 0.2) is 4.77 Å². The lowest BCUT2D eigenvalue weighted by molar-refractivity contribution is 0.417. The van der Waals surface area contributed by atoms with Crippen LogP contribution in [0.1, 0.15) is 30.2 Å². The zero-order valence-corrected chi connectivity index (χ0v) is 11.9. The summed E-state index contributed by atoms with van der Waals surface area (Å²) in [6.07, 6.45) is 1.73. The Morgan fingerprint density at radius 1 is 1.37 bits per heavy atom. The van der Waals surface area contributed by atoms with Gasteiger partial charge in [-0.25, -0.2) is 4.98 Å². The molecule has 0 bridgehead atoms. The van der Waals surface area contributed by atoms with Crippen molar-refractivity contribution in [2.75, 3.05) is 0 Å². The van der Waals surface area contributed by atoms with Crippen molar-refractivity contribution in [3.63, 3.8) is 0 Å². The van der Waals surface area contributed by atoms with E-state index in [1.807, 2.05) is 18.4 Å². The largest absolute Gasteiger partial charge is 0.444 e. The van der Waals surface area contributed by atoms with Crippen LogP contribution in [0.25, 0.3) is 11.0 Å². The highest BCUT2D eigenvalue weighted by molar-refractivity contribution is 7.71. The van der Waals surface area contributed by atoms with Gasteiger partial charge in [-0.1, -0.05) is 6.07 Å². The minimum absolute atomic E-state index is 0.0299. The summed E-state index contributed by atoms with van der Waals surface area (Å²) in [6.45, 7) is 5.99. The van der Waals surface area contributed by atoms with Crippen LogP contribution in [0.15, 0.2) is 28.8 Å². The Labute approximate surface area is 116 Å². The number of nitrogens with zero attached hydrogens (tertiary/aromatic N) is 2. The minimum atomic E-state index is -0.0299. The van der Waals surface area contributed by atoms with Gasteiger partial charge in [0.2, 0.25) is 5.89 Å². The predicted octanol–water partition coefficient (Wildman–Crippen LogP) is 3.91. The van der Waals surface area contributed by atoms with Crippen molar-refractivity contribution in [3.05, 3.63) is 46.4 Å². The maximum absolute atomic E-state index is 5.60. The Balaban J connectivity index is 2.19. The number of fused-ring (bicyclic) bond motifs is 1. The molecule has 2 heterocycles. The third kappa shape index (κ3) is 2.00. The SMILES string of the molecule is Cc1ccc2c(c1)[nH]c(=S)n2C(C)c1ncc(C)o1. The molecule has 5 heteroatoms. The Bertz CT molecular complexity index is 796. The Kier molecular flexibility index (Phi) is 2.78. The summed E-state index contributed by atoms with van der Waals surface area (Å²) in [6, 6.07) is 6.21. The lowest BCUT2D eigenvalue weighted by Gasteiger charge is -2.10. The molecule has 0 saturated carbocycles. The molecule has 19 heavy (non-hydrogen) atoms. The molecular formula is C14H15N3OS. The van der Waals surface area contributed by atoms with E-state index in [-0.39, 0.29) is 6.04 Å². The molecule has 1 N–H and O–H groups in total. The molecule has 1 atom stereocenters. The van der Waals surface area contributed by atoms with Gasteiger partial charge < -0.3 is 14.0 Å². The molecule has 0 fully saturated rings. The van der Waals surface area contributed by atoms with Crippen molar-refractivity contribution < 1.29 is 4.42 Å². The molecule has 1 aromatic carbocycles. The van der Waals surface area contributed by atoms with Crippen molar-refractivity contribution in [3.8, 4) is 0 Å². The molecule has 3 aromatic rings. The van der Waals surface area contributed by atoms with E-state index < -0.39 is 0 Å². The Morgan fingerprint density at radius 3 is 2.84 bits per heavy atom. The highest BCUT2D eigenvalue weighted by atomic mass is 32.1. The number of aromatic nitrogens is 3. The van der Waals surface area contributed by atoms with Crippen LogP contribution in [-0.4, -0.2) is 14.5 Å². The first-order chi connectivity index (χ1) is 9.06. The number of oxazole rings is 1. The summed E-state index contributed by atoms with van der Waals surface area (Å²) >= 11 is 5.42. The maximum atomic E-state index is 5.60. The number of benzene rings is 1. The van der Waals surface area contributed by atoms with E-state index in [0.29, 0.717) is 10.7 Å². The molecule has 98 valence electrons. The molecule has 0 aliphatic rings. The predicted molar refractivity (Wildman–Crippen MR) is 76.9 cm³/mol. The number of hydrogen-bond acceptors (Lipinski definition) is 3. The fraction of sp³-hybridized carbons (Fsp3) is 0.286. The first-order valence-corrected chi connectivity index (χ1v) is 6.60. The summed E-state index contributed by atoms with van der Waals surface area (Å²) in [4.78, 5) is 7.52. The van der Waals surface area contributed by atoms with E-state index in [1.54, 1.807) is 6.20 Å². The van der Waals surface area contributed by atoms with Crippen LogP contribution in [0.4, 0.5) is 0 Å². The van der Waals surface area contributed by atoms with Gasteiger partial charge in [-0.05, 0) is 50.7 Å². The van der Waals surface area contributed by atoms with Crippen LogP contribution in [0.5, 0.6) is 0 Å². The standard InChI is InChI=1S/C14H15N3OS/c1-8-4-5-12-11(6-8)16-14(19)17(12)10(3)13-15-7-9(2)18-13/h4-7,10H,1-3H3,(H,16,19). The van der Waals surface area contributed by atoms with E-state index >= 15 is 0 Å². The second-order valence-corrected chi connectivity index (χ2v) is 5.19. The molecule has 0 aliphatic carbocycles. The highest BCUT2D eigenvalue weighted by Gasteiger charge is 2.17. The smallest absolute Gasteiger partial charge is 0.217 e. The molecule has 0 amide bonds. The van der Waals surface area contributed by atoms with E-state index in [4.69, 9.17) is 16.6 Å². The van der Waals surface area contributed by atoms with E-state index in [0.717, 1.165) is 16.8 Å². The zero-order valence-electron chi connectivity index (χ0n) is 11.1. The van der Waals surface area contributed by atoms with Gasteiger partial charge in [0.1, 0.15) is 11.8 Å². The second kappa shape index (κ2) is 4.35. The van der Waals surface area contributed by atoms with Crippen LogP contribution in [-0.2, 0) is 0 Å². The molecule has 0 radical (unpaired) electrons. The molecule has 0 spiro atoms. The van der Waals surface area contributed by atoms with Gasteiger partial charge in [-0.15, -0.1) is 0 Å². The second-order valence-electron chi connectivity index (χ2n) is 4.81. The highest BCUT2D eigenvalue weighted by Crippen LogP contribution is 2.24. The molecule has 2 aromatic heterocycles. The van der Waals surface area contributed by atoms with E-state index in [9.17, 15) is 0 Å². The Hall–Kier alpha value is -1.88. The van der Waals surface area contributed by atoms with Crippen LogP contribution >= 0.6 is 12.2 Å². The van der Waals surface area contributed by atoms with Crippen molar-refractivity contribution in [2.24, 2.45) is 0 Å². The molecular weight excluding hydrogens is 258 g/mol. The average molecular weight is 273 g/mol. The number of hydrogen-bond donors (Lipinski definition) is 1. The number of rotatable bonds is 2. The summed E-state index contributed by atoms with van der Waals surface area (Å²) in [5, 5.41) is 0. The normalized spacial score (nSPS) is 13.0. The molecule has 0 aliphatic heterocycles. The van der Waals surface area contributed by atoms with Crippen molar-refractivity contribution in [1.82, 2.24) is 14.5 Å². The van der Waals surface area contributed by atoms with Gasteiger partial charge in [0.05, 0.1) is 17.2 Å². The monoisotopic (exact) mass is 273 g/mol. The molecule has 3 rings (SSSR count). The van der Waals surface area contributed by atoms with Crippen LogP contribution in [0, 0.1) is 18.6 Å². The Morgan fingerprint density at radius 2 is 2.16 bits per heavy atom. The molecule has 1 unspecified atom stereocenters. The van der Waals surface area contributed by atoms with E-state index in [2.05, 4.69) is 35.1 Å². The van der Waals surface area contributed by atoms with Gasteiger partial charge in [0, 0.05) is 0 Å². The number of imidazole rings is 1. The van der Waals surface area contributed by atoms with Gasteiger partial charge in [-0.2, -0.15) is 0 Å². The maximum Gasteiger partial charge on any atom is 0.217 e. The topological polar surface area (TPSA) is 46.8 Å². The summed E-state index contributed by atoms with van der Waals surface area (Å²) in [7, 11) is 0. The molecule has 4 nitrogen and oxygen atoms in total. The van der Waals surface area contributed by atoms with Crippen molar-refractivity contribution >= 4 is 23.3 Å². The first-order valence-electron chi connectivity index (χ1n) is 6.19. The third-order valence-electron chi connectivity index (χ3n) is 3.26. The summed E-state index contributed by atoms with van der Waals surface area (Å²) in [5.74, 6) is 1.49. The van der Waals surface area contributed by atoms with Gasteiger partial charge >= 0.3 is 0 Å². The molecule has 0 saturated heterocycles. The lowest BCUT2D eigenvalue weighted by Crippen LogP contribution is -2.07. The number of nitrogens with one attached hydrogen (secondary N) is 1. The van der Waals surface area contributed by atoms with Crippen molar-refractivity contribution in [1.29, 1.82) is 0 Å². The number of H-pyrrole nitrogens is 1. The summed E-state index contributed by atoms with van der Waals surface area (Å²) in [5.41, 5.74) is 3.31. The fourth-order valence-electron chi connectivity index (χ4n) is 2.31. The van der Waals surface area contributed by atoms with Gasteiger partial charge in [0.25, 0.3) is 0 Å². The van der Waals surface area contributed by atoms with Gasteiger partial charge in [-0.3, -0.25) is 0 Å². The van der Waals surface area contributed by atoms with Crippen LogP contribution in [0.3, 0.4) is 0 Å². The third-order valence-corrected chi connectivity index (χ3v) is 3.55. The summed E-state index contributed by atoms with van der Waals surface area (Å²) < 4.78 is 8.33.